The highest BCUT2D eigenvalue weighted by molar-refractivity contribution is 14.1. The van der Waals surface area contributed by atoms with E-state index >= 15 is 0 Å². The van der Waals surface area contributed by atoms with Gasteiger partial charge in [0.05, 0.1) is 3.57 Å². The Labute approximate surface area is 59.0 Å². The lowest BCUT2D eigenvalue weighted by atomic mass is 10.7. The summed E-state index contributed by atoms with van der Waals surface area (Å²) < 4.78 is 4.87. The van der Waals surface area contributed by atoms with E-state index in [2.05, 4.69) is 27.0 Å². The van der Waals surface area contributed by atoms with Crippen LogP contribution in [0.4, 0.5) is 5.82 Å². The fraction of sp³-hybridized carbons (Fsp3) is 0. The van der Waals surface area contributed by atoms with Gasteiger partial charge in [-0.15, -0.1) is 0 Å². The number of hydrogen-bond donors (Lipinski definition) is 1. The molecule has 1 aromatic rings. The van der Waals surface area contributed by atoms with Gasteiger partial charge < -0.3 is 5.73 Å². The molecule has 4 heteroatoms. The quantitative estimate of drug-likeness (QED) is 0.677. The molecule has 0 atom stereocenters. The molecule has 0 aromatic carbocycles. The van der Waals surface area contributed by atoms with Crippen LogP contribution in [0.1, 0.15) is 0 Å². The molecule has 2 N–H and O–H groups in total. The zero-order valence-electron chi connectivity index (χ0n) is 3.39. The van der Waals surface area contributed by atoms with E-state index in [9.17, 15) is 0 Å². The van der Waals surface area contributed by atoms with E-state index in [4.69, 9.17) is 5.73 Å². The van der Waals surface area contributed by atoms with Crippen LogP contribution in [0.2, 0.25) is 0 Å². The van der Waals surface area contributed by atoms with Crippen LogP contribution in [0.3, 0.4) is 0 Å². The van der Waals surface area contributed by atoms with Gasteiger partial charge in [-0.1, -0.05) is 0 Å². The third kappa shape index (κ3) is 1.03. The third-order valence-electron chi connectivity index (χ3n) is 0.552. The molecule has 2 nitrogen and oxygen atoms in total. The van der Waals surface area contributed by atoms with E-state index in [1.54, 1.807) is 0 Å². The van der Waals surface area contributed by atoms with Crippen LogP contribution in [0.25, 0.3) is 0 Å². The lowest BCUT2D eigenvalue weighted by Crippen LogP contribution is -1.83. The first-order chi connectivity index (χ1) is 3.30. The van der Waals surface area contributed by atoms with Crippen LogP contribution in [0, 0.1) is 3.57 Å². The Kier molecular flexibility index (Phi) is 1.48. The Hall–Kier alpha value is 0.160. The van der Waals surface area contributed by atoms with Crippen LogP contribution in [0.5, 0.6) is 0 Å². The van der Waals surface area contributed by atoms with E-state index in [-0.39, 0.29) is 0 Å². The van der Waals surface area contributed by atoms with Gasteiger partial charge in [-0.05, 0) is 34.1 Å². The molecular formula is C3H3IN2S. The number of rotatable bonds is 0. The van der Waals surface area contributed by atoms with Gasteiger partial charge in [0, 0.05) is 5.38 Å². The van der Waals surface area contributed by atoms with Gasteiger partial charge in [0.1, 0.15) is 0 Å². The van der Waals surface area contributed by atoms with Gasteiger partial charge >= 0.3 is 0 Å². The SMILES string of the molecule is Nc1nscc1I. The molecule has 0 aliphatic carbocycles. The lowest BCUT2D eigenvalue weighted by molar-refractivity contribution is 1.54. The smallest absolute Gasteiger partial charge is 0.150 e. The fourth-order valence-electron chi connectivity index (χ4n) is 0.233. The molecule has 0 saturated heterocycles. The zero-order valence-corrected chi connectivity index (χ0v) is 6.36. The first-order valence-electron chi connectivity index (χ1n) is 1.66. The predicted molar refractivity (Wildman–Crippen MR) is 39.2 cm³/mol. The van der Waals surface area contributed by atoms with Gasteiger partial charge in [-0.25, -0.2) is 0 Å². The predicted octanol–water partition coefficient (Wildman–Crippen LogP) is 1.33. The maximum atomic E-state index is 5.33. The summed E-state index contributed by atoms with van der Waals surface area (Å²) in [6.07, 6.45) is 0. The molecular weight excluding hydrogens is 223 g/mol. The van der Waals surface area contributed by atoms with Crippen LogP contribution in [-0.4, -0.2) is 4.37 Å². The van der Waals surface area contributed by atoms with Gasteiger partial charge in [0.25, 0.3) is 0 Å². The second-order valence-electron chi connectivity index (χ2n) is 1.05. The Morgan fingerprint density at radius 2 is 2.57 bits per heavy atom. The zero-order chi connectivity index (χ0) is 5.28. The molecule has 0 amide bonds. The summed E-state index contributed by atoms with van der Waals surface area (Å²) in [5.74, 6) is 0.644. The van der Waals surface area contributed by atoms with Gasteiger partial charge in [-0.2, -0.15) is 4.37 Å². The third-order valence-corrected chi connectivity index (χ3v) is 2.48. The summed E-state index contributed by atoms with van der Waals surface area (Å²) in [5.41, 5.74) is 5.33. The van der Waals surface area contributed by atoms with Crippen LogP contribution in [0.15, 0.2) is 5.38 Å². The number of hydrogen-bond acceptors (Lipinski definition) is 3. The topological polar surface area (TPSA) is 38.9 Å². The van der Waals surface area contributed by atoms with Crippen LogP contribution >= 0.6 is 34.1 Å². The Morgan fingerprint density at radius 1 is 1.86 bits per heavy atom. The van der Waals surface area contributed by atoms with Crippen molar-refractivity contribution in [3.63, 3.8) is 0 Å². The molecule has 0 fully saturated rings. The van der Waals surface area contributed by atoms with E-state index in [0.717, 1.165) is 3.57 Å². The Bertz CT molecular complexity index is 145. The molecule has 0 aliphatic rings. The first-order valence-corrected chi connectivity index (χ1v) is 3.57. The second kappa shape index (κ2) is 1.95. The van der Waals surface area contributed by atoms with E-state index in [1.165, 1.54) is 11.5 Å². The van der Waals surface area contributed by atoms with Crippen LogP contribution < -0.4 is 5.73 Å². The first kappa shape index (κ1) is 5.30. The molecule has 38 valence electrons. The molecule has 0 aliphatic heterocycles. The maximum absolute atomic E-state index is 5.33. The minimum Gasteiger partial charge on any atom is -0.382 e. The van der Waals surface area contributed by atoms with Gasteiger partial charge in [-0.3, -0.25) is 0 Å². The van der Waals surface area contributed by atoms with E-state index in [1.807, 2.05) is 5.38 Å². The summed E-state index contributed by atoms with van der Waals surface area (Å²) in [6.45, 7) is 0. The Morgan fingerprint density at radius 3 is 2.71 bits per heavy atom. The van der Waals surface area contributed by atoms with E-state index in [0.29, 0.717) is 5.82 Å². The van der Waals surface area contributed by atoms with Crippen molar-refractivity contribution in [2.24, 2.45) is 0 Å². The monoisotopic (exact) mass is 226 g/mol. The van der Waals surface area contributed by atoms with E-state index < -0.39 is 0 Å². The molecule has 1 heterocycles. The van der Waals surface area contributed by atoms with Crippen molar-refractivity contribution in [2.75, 3.05) is 5.73 Å². The van der Waals surface area contributed by atoms with Crippen molar-refractivity contribution in [3.05, 3.63) is 8.95 Å². The summed E-state index contributed by atoms with van der Waals surface area (Å²) >= 11 is 3.53. The van der Waals surface area contributed by atoms with Crippen molar-refractivity contribution in [1.82, 2.24) is 4.37 Å². The lowest BCUT2D eigenvalue weighted by Gasteiger charge is -1.76. The largest absolute Gasteiger partial charge is 0.382 e. The van der Waals surface area contributed by atoms with Crippen molar-refractivity contribution in [3.8, 4) is 0 Å². The summed E-state index contributed by atoms with van der Waals surface area (Å²) in [5, 5.41) is 1.91. The molecule has 1 aromatic heterocycles. The molecule has 0 radical (unpaired) electrons. The van der Waals surface area contributed by atoms with Crippen LogP contribution in [-0.2, 0) is 0 Å². The highest BCUT2D eigenvalue weighted by Gasteiger charge is 1.92. The second-order valence-corrected chi connectivity index (χ2v) is 2.84. The standard InChI is InChI=1S/C3H3IN2S/c4-2-1-7-6-3(2)5/h1H,(H2,5,6). The van der Waals surface area contributed by atoms with Crippen molar-refractivity contribution in [2.45, 2.75) is 0 Å². The molecule has 0 bridgehead atoms. The fourth-order valence-corrected chi connectivity index (χ4v) is 1.34. The van der Waals surface area contributed by atoms with Crippen molar-refractivity contribution in [1.29, 1.82) is 0 Å². The summed E-state index contributed by atoms with van der Waals surface area (Å²) in [7, 11) is 0. The van der Waals surface area contributed by atoms with Crippen molar-refractivity contribution >= 4 is 39.9 Å². The molecule has 1 rings (SSSR count). The highest BCUT2D eigenvalue weighted by atomic mass is 127. The van der Waals surface area contributed by atoms with Gasteiger partial charge in [0.15, 0.2) is 5.82 Å². The van der Waals surface area contributed by atoms with Crippen molar-refractivity contribution < 1.29 is 0 Å². The molecule has 7 heavy (non-hydrogen) atoms. The average molecular weight is 226 g/mol. The number of nitrogens with two attached hydrogens (primary N) is 1. The number of anilines is 1. The summed E-state index contributed by atoms with van der Waals surface area (Å²) in [4.78, 5) is 0. The molecule has 0 unspecified atom stereocenters. The number of halogens is 1. The number of nitrogen functional groups attached to an aromatic ring is 1. The van der Waals surface area contributed by atoms with Gasteiger partial charge in [0.2, 0.25) is 0 Å². The molecule has 0 saturated carbocycles. The summed E-state index contributed by atoms with van der Waals surface area (Å²) in [6, 6.07) is 0. The number of nitrogens with zero attached hydrogens (tertiary/aromatic N) is 1. The normalized spacial score (nSPS) is 9.29. The highest BCUT2D eigenvalue weighted by Crippen LogP contribution is 2.13. The average Bonchev–Trinajstić information content (AvgIpc) is 1.91. The Balaban J connectivity index is 3.12. The maximum Gasteiger partial charge on any atom is 0.150 e. The minimum absolute atomic E-state index is 0.644. The molecule has 0 spiro atoms. The number of aromatic nitrogens is 1. The minimum atomic E-state index is 0.644.